The van der Waals surface area contributed by atoms with Crippen molar-refractivity contribution in [2.75, 3.05) is 0 Å². The second-order valence-electron chi connectivity index (χ2n) is 3.27. The number of para-hydroxylation sites is 1. The summed E-state index contributed by atoms with van der Waals surface area (Å²) in [7, 11) is 0. The molecule has 0 aliphatic carbocycles. The highest BCUT2D eigenvalue weighted by Gasteiger charge is 2.07. The zero-order valence-electron chi connectivity index (χ0n) is 7.94. The molecule has 0 saturated carbocycles. The van der Waals surface area contributed by atoms with Crippen LogP contribution < -0.4 is 0 Å². The lowest BCUT2D eigenvalue weighted by Crippen LogP contribution is -1.92. The number of fused-ring (bicyclic) bond motifs is 1. The first-order chi connectivity index (χ1) is 6.83. The molecule has 0 amide bonds. The van der Waals surface area contributed by atoms with Crippen LogP contribution in [-0.4, -0.2) is 4.98 Å². The van der Waals surface area contributed by atoms with E-state index < -0.39 is 0 Å². The molecule has 14 heavy (non-hydrogen) atoms. The Hall–Kier alpha value is -1.88. The van der Waals surface area contributed by atoms with Crippen LogP contribution in [0.25, 0.3) is 10.9 Å². The minimum absolute atomic E-state index is 0.0806. The third-order valence-electron chi connectivity index (χ3n) is 2.34. The lowest BCUT2D eigenvalue weighted by molar-refractivity contribution is 0.990. The average Bonchev–Trinajstić information content (AvgIpc) is 2.27. The van der Waals surface area contributed by atoms with Gasteiger partial charge in [0.15, 0.2) is 0 Å². The van der Waals surface area contributed by atoms with E-state index in [9.17, 15) is 0 Å². The van der Waals surface area contributed by atoms with Crippen molar-refractivity contribution in [3.05, 3.63) is 42.1 Å². The van der Waals surface area contributed by atoms with Crippen molar-refractivity contribution in [1.29, 1.82) is 5.26 Å². The van der Waals surface area contributed by atoms with E-state index in [1.54, 1.807) is 6.20 Å². The summed E-state index contributed by atoms with van der Waals surface area (Å²) in [6.45, 7) is 1.90. The number of nitriles is 1. The minimum Gasteiger partial charge on any atom is -0.256 e. The maximum atomic E-state index is 8.88. The van der Waals surface area contributed by atoms with Crippen LogP contribution >= 0.6 is 0 Å². The van der Waals surface area contributed by atoms with E-state index in [0.717, 1.165) is 16.5 Å². The first-order valence-electron chi connectivity index (χ1n) is 4.56. The predicted molar refractivity (Wildman–Crippen MR) is 55.8 cm³/mol. The van der Waals surface area contributed by atoms with E-state index in [4.69, 9.17) is 5.26 Å². The standard InChI is InChI=1S/C12H10N2/c1-9(8-13)10-6-7-14-12-5-3-2-4-11(10)12/h2-7,9H,1H3. The number of aromatic nitrogens is 1. The molecule has 0 spiro atoms. The number of pyridine rings is 1. The molecule has 1 aromatic heterocycles. The first-order valence-corrected chi connectivity index (χ1v) is 4.56. The fourth-order valence-electron chi connectivity index (χ4n) is 1.57. The molecule has 0 saturated heterocycles. The Bertz CT molecular complexity index is 492. The number of hydrogen-bond acceptors (Lipinski definition) is 2. The van der Waals surface area contributed by atoms with Crippen LogP contribution in [0, 0.1) is 11.3 Å². The summed E-state index contributed by atoms with van der Waals surface area (Å²) in [4.78, 5) is 4.25. The fourth-order valence-corrected chi connectivity index (χ4v) is 1.57. The Balaban J connectivity index is 2.72. The molecule has 2 aromatic rings. The van der Waals surface area contributed by atoms with E-state index in [2.05, 4.69) is 11.1 Å². The van der Waals surface area contributed by atoms with Crippen LogP contribution in [0.3, 0.4) is 0 Å². The van der Waals surface area contributed by atoms with Crippen LogP contribution in [-0.2, 0) is 0 Å². The summed E-state index contributed by atoms with van der Waals surface area (Å²) in [6.07, 6.45) is 1.76. The molecule has 0 radical (unpaired) electrons. The molecule has 2 heteroatoms. The summed E-state index contributed by atoms with van der Waals surface area (Å²) in [5.74, 6) is -0.0806. The van der Waals surface area contributed by atoms with Gasteiger partial charge in [-0.2, -0.15) is 5.26 Å². The maximum absolute atomic E-state index is 8.88. The number of hydrogen-bond donors (Lipinski definition) is 0. The topological polar surface area (TPSA) is 36.7 Å². The van der Waals surface area contributed by atoms with E-state index in [1.165, 1.54) is 0 Å². The normalized spacial score (nSPS) is 12.3. The quantitative estimate of drug-likeness (QED) is 0.680. The van der Waals surface area contributed by atoms with E-state index in [0.29, 0.717) is 0 Å². The van der Waals surface area contributed by atoms with Crippen molar-refractivity contribution >= 4 is 10.9 Å². The highest BCUT2D eigenvalue weighted by Crippen LogP contribution is 2.22. The van der Waals surface area contributed by atoms with Crippen molar-refractivity contribution in [2.45, 2.75) is 12.8 Å². The van der Waals surface area contributed by atoms with Gasteiger partial charge in [0.1, 0.15) is 0 Å². The highest BCUT2D eigenvalue weighted by molar-refractivity contribution is 5.82. The molecule has 0 bridgehead atoms. The Morgan fingerprint density at radius 2 is 2.07 bits per heavy atom. The zero-order valence-corrected chi connectivity index (χ0v) is 7.94. The predicted octanol–water partition coefficient (Wildman–Crippen LogP) is 2.86. The van der Waals surface area contributed by atoms with Crippen LogP contribution in [0.5, 0.6) is 0 Å². The smallest absolute Gasteiger partial charge is 0.0705 e. The van der Waals surface area contributed by atoms with E-state index >= 15 is 0 Å². The molecule has 0 aliphatic heterocycles. The van der Waals surface area contributed by atoms with Crippen molar-refractivity contribution in [2.24, 2.45) is 0 Å². The molecular formula is C12H10N2. The number of nitrogens with zero attached hydrogens (tertiary/aromatic N) is 2. The van der Waals surface area contributed by atoms with E-state index in [1.807, 2.05) is 37.3 Å². The van der Waals surface area contributed by atoms with Crippen LogP contribution in [0.2, 0.25) is 0 Å². The van der Waals surface area contributed by atoms with Crippen LogP contribution in [0.15, 0.2) is 36.5 Å². The van der Waals surface area contributed by atoms with Crippen molar-refractivity contribution in [3.8, 4) is 6.07 Å². The van der Waals surface area contributed by atoms with Crippen molar-refractivity contribution in [3.63, 3.8) is 0 Å². The van der Waals surface area contributed by atoms with Gasteiger partial charge in [0.05, 0.1) is 17.5 Å². The Morgan fingerprint density at radius 3 is 2.86 bits per heavy atom. The number of benzene rings is 1. The van der Waals surface area contributed by atoms with Gasteiger partial charge in [0, 0.05) is 11.6 Å². The lowest BCUT2D eigenvalue weighted by atomic mass is 9.99. The average molecular weight is 182 g/mol. The molecular weight excluding hydrogens is 172 g/mol. The fraction of sp³-hybridized carbons (Fsp3) is 0.167. The van der Waals surface area contributed by atoms with Crippen LogP contribution in [0.1, 0.15) is 18.4 Å². The van der Waals surface area contributed by atoms with Gasteiger partial charge in [0.25, 0.3) is 0 Å². The highest BCUT2D eigenvalue weighted by atomic mass is 14.6. The van der Waals surface area contributed by atoms with Gasteiger partial charge in [-0.1, -0.05) is 18.2 Å². The molecule has 0 N–H and O–H groups in total. The van der Waals surface area contributed by atoms with Crippen molar-refractivity contribution < 1.29 is 0 Å². The second-order valence-corrected chi connectivity index (χ2v) is 3.27. The molecule has 0 aliphatic rings. The van der Waals surface area contributed by atoms with Crippen LogP contribution in [0.4, 0.5) is 0 Å². The zero-order chi connectivity index (χ0) is 9.97. The van der Waals surface area contributed by atoms with Crippen molar-refractivity contribution in [1.82, 2.24) is 4.98 Å². The Labute approximate surface area is 82.8 Å². The molecule has 1 atom stereocenters. The van der Waals surface area contributed by atoms with Gasteiger partial charge >= 0.3 is 0 Å². The third-order valence-corrected chi connectivity index (χ3v) is 2.34. The largest absolute Gasteiger partial charge is 0.256 e. The summed E-state index contributed by atoms with van der Waals surface area (Å²) in [6, 6.07) is 12.0. The molecule has 0 fully saturated rings. The van der Waals surface area contributed by atoms with Gasteiger partial charge in [-0.3, -0.25) is 4.98 Å². The minimum atomic E-state index is -0.0806. The first kappa shape index (κ1) is 8.71. The molecule has 68 valence electrons. The lowest BCUT2D eigenvalue weighted by Gasteiger charge is -2.06. The van der Waals surface area contributed by atoms with Gasteiger partial charge in [-0.25, -0.2) is 0 Å². The molecule has 1 heterocycles. The summed E-state index contributed by atoms with van der Waals surface area (Å²) >= 11 is 0. The summed E-state index contributed by atoms with van der Waals surface area (Å²) in [5, 5.41) is 9.95. The van der Waals surface area contributed by atoms with Gasteiger partial charge in [-0.15, -0.1) is 0 Å². The number of rotatable bonds is 1. The maximum Gasteiger partial charge on any atom is 0.0705 e. The Kier molecular flexibility index (Phi) is 2.16. The van der Waals surface area contributed by atoms with Gasteiger partial charge in [-0.05, 0) is 24.6 Å². The SMILES string of the molecule is CC(C#N)c1ccnc2ccccc12. The van der Waals surface area contributed by atoms with Gasteiger partial charge in [0.2, 0.25) is 0 Å². The summed E-state index contributed by atoms with van der Waals surface area (Å²) in [5.41, 5.74) is 2.00. The second kappa shape index (κ2) is 3.47. The molecule has 2 nitrogen and oxygen atoms in total. The van der Waals surface area contributed by atoms with Gasteiger partial charge < -0.3 is 0 Å². The third kappa shape index (κ3) is 1.33. The molecule has 2 rings (SSSR count). The van der Waals surface area contributed by atoms with E-state index in [-0.39, 0.29) is 5.92 Å². The molecule has 1 unspecified atom stereocenters. The molecule has 1 aromatic carbocycles. The Morgan fingerprint density at radius 1 is 1.29 bits per heavy atom. The summed E-state index contributed by atoms with van der Waals surface area (Å²) < 4.78 is 0. The monoisotopic (exact) mass is 182 g/mol.